The van der Waals surface area contributed by atoms with E-state index in [2.05, 4.69) is 36.2 Å². The number of aryl methyl sites for hydroxylation is 2. The zero-order chi connectivity index (χ0) is 24.1. The topological polar surface area (TPSA) is 70.6 Å². The Labute approximate surface area is 206 Å². The molecule has 0 N–H and O–H groups in total. The summed E-state index contributed by atoms with van der Waals surface area (Å²) >= 11 is 1.28. The molecular formula is C26H31N3O3S2. The van der Waals surface area contributed by atoms with E-state index < -0.39 is 10.0 Å². The Balaban J connectivity index is 1.54. The first kappa shape index (κ1) is 24.6. The van der Waals surface area contributed by atoms with Gasteiger partial charge in [0.1, 0.15) is 4.21 Å². The molecule has 6 nitrogen and oxygen atoms in total. The summed E-state index contributed by atoms with van der Waals surface area (Å²) in [4.78, 5) is 20.7. The van der Waals surface area contributed by atoms with Gasteiger partial charge in [-0.05, 0) is 61.1 Å². The van der Waals surface area contributed by atoms with Crippen molar-refractivity contribution in [1.82, 2.24) is 14.2 Å². The second-order valence-electron chi connectivity index (χ2n) is 8.79. The minimum Gasteiger partial charge on any atom is -0.334 e. The van der Waals surface area contributed by atoms with Gasteiger partial charge in [-0.25, -0.2) is 8.42 Å². The monoisotopic (exact) mass is 497 g/mol. The minimum absolute atomic E-state index is 0.00863. The van der Waals surface area contributed by atoms with Crippen molar-refractivity contribution in [3.8, 4) is 0 Å². The molecule has 1 aromatic carbocycles. The van der Waals surface area contributed by atoms with E-state index in [1.807, 2.05) is 30.0 Å². The summed E-state index contributed by atoms with van der Waals surface area (Å²) in [6.07, 6.45) is 5.82. The maximum atomic E-state index is 13.7. The van der Waals surface area contributed by atoms with Crippen molar-refractivity contribution in [2.75, 3.05) is 13.1 Å². The lowest BCUT2D eigenvalue weighted by molar-refractivity contribution is -0.138. The van der Waals surface area contributed by atoms with Crippen molar-refractivity contribution in [1.29, 1.82) is 0 Å². The van der Waals surface area contributed by atoms with E-state index in [1.54, 1.807) is 18.5 Å². The smallest absolute Gasteiger partial charge is 0.252 e. The third-order valence-corrected chi connectivity index (χ3v) is 9.59. The average Bonchev–Trinajstić information content (AvgIpc) is 3.31. The van der Waals surface area contributed by atoms with Crippen LogP contribution in [0.3, 0.4) is 0 Å². The zero-order valence-electron chi connectivity index (χ0n) is 19.7. The van der Waals surface area contributed by atoms with Gasteiger partial charge in [-0.15, -0.1) is 11.3 Å². The number of hydrogen-bond acceptors (Lipinski definition) is 5. The molecule has 0 spiro atoms. The highest BCUT2D eigenvalue weighted by Crippen LogP contribution is 2.29. The van der Waals surface area contributed by atoms with Crippen LogP contribution in [0.25, 0.3) is 0 Å². The molecule has 4 rings (SSSR count). The van der Waals surface area contributed by atoms with Gasteiger partial charge in [0.15, 0.2) is 0 Å². The van der Waals surface area contributed by atoms with Crippen molar-refractivity contribution >= 4 is 27.3 Å². The lowest BCUT2D eigenvalue weighted by Gasteiger charge is -2.34. The lowest BCUT2D eigenvalue weighted by atomic mass is 9.97. The van der Waals surface area contributed by atoms with Gasteiger partial charge in [-0.2, -0.15) is 4.31 Å². The Morgan fingerprint density at radius 2 is 1.82 bits per heavy atom. The third kappa shape index (κ3) is 5.74. The SMILES string of the molecule is CCc1ccc(CN(Cc2cccnc2)C(=O)C2CCCN(S(=O)(=O)c3ccc(C)s3)C2)cc1. The molecule has 1 fully saturated rings. The molecular weight excluding hydrogens is 466 g/mol. The van der Waals surface area contributed by atoms with Gasteiger partial charge in [0.2, 0.25) is 5.91 Å². The molecule has 0 saturated carbocycles. The van der Waals surface area contributed by atoms with Gasteiger partial charge in [0.25, 0.3) is 10.0 Å². The number of piperidine rings is 1. The first-order valence-corrected chi connectivity index (χ1v) is 13.9. The molecule has 2 aromatic heterocycles. The summed E-state index contributed by atoms with van der Waals surface area (Å²) in [6.45, 7) is 5.60. The third-order valence-electron chi connectivity index (χ3n) is 6.26. The van der Waals surface area contributed by atoms with E-state index in [9.17, 15) is 13.2 Å². The number of hydrogen-bond donors (Lipinski definition) is 0. The van der Waals surface area contributed by atoms with Crippen LogP contribution in [-0.2, 0) is 34.3 Å². The zero-order valence-corrected chi connectivity index (χ0v) is 21.3. The number of amides is 1. The van der Waals surface area contributed by atoms with Crippen molar-refractivity contribution < 1.29 is 13.2 Å². The fourth-order valence-electron chi connectivity index (χ4n) is 4.32. The molecule has 180 valence electrons. The molecule has 3 heterocycles. The fraction of sp³-hybridized carbons (Fsp3) is 0.385. The van der Waals surface area contributed by atoms with Gasteiger partial charge in [-0.3, -0.25) is 9.78 Å². The van der Waals surface area contributed by atoms with Crippen LogP contribution in [0, 0.1) is 12.8 Å². The highest BCUT2D eigenvalue weighted by Gasteiger charge is 2.35. The van der Waals surface area contributed by atoms with E-state index >= 15 is 0 Å². The first-order valence-electron chi connectivity index (χ1n) is 11.7. The molecule has 0 aliphatic carbocycles. The molecule has 1 aliphatic rings. The molecule has 8 heteroatoms. The van der Waals surface area contributed by atoms with Crippen LogP contribution >= 0.6 is 11.3 Å². The number of rotatable bonds is 8. The lowest BCUT2D eigenvalue weighted by Crippen LogP contribution is -2.46. The summed E-state index contributed by atoms with van der Waals surface area (Å²) in [5.41, 5.74) is 3.27. The molecule has 34 heavy (non-hydrogen) atoms. The van der Waals surface area contributed by atoms with E-state index in [4.69, 9.17) is 0 Å². The molecule has 0 radical (unpaired) electrons. The Kier molecular flexibility index (Phi) is 7.80. The molecule has 1 saturated heterocycles. The maximum absolute atomic E-state index is 13.7. The molecule has 1 atom stereocenters. The van der Waals surface area contributed by atoms with Crippen LogP contribution < -0.4 is 0 Å². The van der Waals surface area contributed by atoms with Crippen LogP contribution in [-0.4, -0.2) is 41.6 Å². The van der Waals surface area contributed by atoms with Gasteiger partial charge < -0.3 is 4.90 Å². The quantitative estimate of drug-likeness (QED) is 0.454. The van der Waals surface area contributed by atoms with Crippen LogP contribution in [0.1, 0.15) is 41.3 Å². The Bertz CT molecular complexity index is 1210. The molecule has 3 aromatic rings. The number of carbonyl (C=O) groups is 1. The van der Waals surface area contributed by atoms with Crippen LogP contribution in [0.15, 0.2) is 65.1 Å². The van der Waals surface area contributed by atoms with E-state index in [1.165, 1.54) is 21.2 Å². The van der Waals surface area contributed by atoms with E-state index in [0.717, 1.165) is 22.4 Å². The normalized spacial score (nSPS) is 16.9. The van der Waals surface area contributed by atoms with Crippen LogP contribution in [0.2, 0.25) is 0 Å². The molecule has 1 amide bonds. The average molecular weight is 498 g/mol. The maximum Gasteiger partial charge on any atom is 0.252 e. The summed E-state index contributed by atoms with van der Waals surface area (Å²) in [7, 11) is -3.59. The van der Waals surface area contributed by atoms with Crippen molar-refractivity contribution in [2.45, 2.75) is 50.4 Å². The number of sulfonamides is 1. The number of thiophene rings is 1. The molecule has 1 aliphatic heterocycles. The van der Waals surface area contributed by atoms with Crippen LogP contribution in [0.5, 0.6) is 0 Å². The summed E-state index contributed by atoms with van der Waals surface area (Å²) < 4.78 is 28.2. The van der Waals surface area contributed by atoms with Gasteiger partial charge in [0.05, 0.1) is 5.92 Å². The van der Waals surface area contributed by atoms with Gasteiger partial charge in [-0.1, -0.05) is 37.3 Å². The summed E-state index contributed by atoms with van der Waals surface area (Å²) in [6, 6.07) is 15.6. The second-order valence-corrected chi connectivity index (χ2v) is 12.2. The first-order chi connectivity index (χ1) is 16.4. The van der Waals surface area contributed by atoms with Crippen molar-refractivity contribution in [3.05, 3.63) is 82.5 Å². The number of aromatic nitrogens is 1. The molecule has 1 unspecified atom stereocenters. The largest absolute Gasteiger partial charge is 0.334 e. The Hall–Kier alpha value is -2.55. The minimum atomic E-state index is -3.59. The van der Waals surface area contributed by atoms with E-state index in [0.29, 0.717) is 36.7 Å². The number of nitrogens with zero attached hydrogens (tertiary/aromatic N) is 3. The fourth-order valence-corrected chi connectivity index (χ4v) is 7.28. The van der Waals surface area contributed by atoms with Crippen molar-refractivity contribution in [3.63, 3.8) is 0 Å². The summed E-state index contributed by atoms with van der Waals surface area (Å²) in [5, 5.41) is 0. The Morgan fingerprint density at radius 1 is 1.09 bits per heavy atom. The number of pyridine rings is 1. The van der Waals surface area contributed by atoms with E-state index in [-0.39, 0.29) is 18.4 Å². The molecule has 0 bridgehead atoms. The number of benzene rings is 1. The van der Waals surface area contributed by atoms with Crippen LogP contribution in [0.4, 0.5) is 0 Å². The van der Waals surface area contributed by atoms with Gasteiger partial charge >= 0.3 is 0 Å². The summed E-state index contributed by atoms with van der Waals surface area (Å²) in [5.74, 6) is -0.373. The van der Waals surface area contributed by atoms with Gasteiger partial charge in [0, 0.05) is 43.4 Å². The van der Waals surface area contributed by atoms with Crippen molar-refractivity contribution in [2.24, 2.45) is 5.92 Å². The predicted octanol–water partition coefficient (Wildman–Crippen LogP) is 4.64. The standard InChI is InChI=1S/C26H31N3O3S2/c1-3-21-9-11-22(12-10-21)17-28(18-23-6-4-14-27-16-23)26(30)24-7-5-15-29(19-24)34(31,32)25-13-8-20(2)33-25/h4,6,8-14,16,24H,3,5,7,15,17-19H2,1-2H3. The highest BCUT2D eigenvalue weighted by atomic mass is 32.2. The second kappa shape index (κ2) is 10.8. The number of carbonyl (C=O) groups excluding carboxylic acids is 1. The predicted molar refractivity (Wildman–Crippen MR) is 135 cm³/mol. The highest BCUT2D eigenvalue weighted by molar-refractivity contribution is 7.91. The Morgan fingerprint density at radius 3 is 2.47 bits per heavy atom.